The van der Waals surface area contributed by atoms with Crippen LogP contribution in [-0.4, -0.2) is 24.0 Å². The molecule has 0 bridgehead atoms. The van der Waals surface area contributed by atoms with Crippen molar-refractivity contribution in [1.29, 1.82) is 0 Å². The molecule has 1 saturated heterocycles. The molecule has 17 heavy (non-hydrogen) atoms. The highest BCUT2D eigenvalue weighted by Gasteiger charge is 2.21. The minimum Gasteiger partial charge on any atom is -0.465 e. The van der Waals surface area contributed by atoms with E-state index in [1.54, 1.807) is 0 Å². The highest BCUT2D eigenvalue weighted by molar-refractivity contribution is 5.21. The molecule has 3 rings (SSSR count). The largest absolute Gasteiger partial charge is 0.465 e. The summed E-state index contributed by atoms with van der Waals surface area (Å²) in [5, 5.41) is 3.50. The number of hydrogen-bond donors (Lipinski definition) is 1. The Labute approximate surface area is 103 Å². The molecule has 1 aliphatic carbocycles. The summed E-state index contributed by atoms with van der Waals surface area (Å²) < 4.78 is 5.81. The van der Waals surface area contributed by atoms with Crippen molar-refractivity contribution in [3.05, 3.63) is 23.2 Å². The Kier molecular flexibility index (Phi) is 3.21. The van der Waals surface area contributed by atoms with Crippen molar-refractivity contribution >= 4 is 0 Å². The van der Waals surface area contributed by atoms with Crippen LogP contribution in [0.4, 0.5) is 0 Å². The maximum absolute atomic E-state index is 5.81. The van der Waals surface area contributed by atoms with E-state index < -0.39 is 0 Å². The van der Waals surface area contributed by atoms with Crippen LogP contribution in [0.25, 0.3) is 0 Å². The summed E-state index contributed by atoms with van der Waals surface area (Å²) in [5.41, 5.74) is 1.37. The first-order chi connectivity index (χ1) is 8.31. The Balaban J connectivity index is 1.58. The smallest absolute Gasteiger partial charge is 0.118 e. The molecular weight excluding hydrogens is 212 g/mol. The van der Waals surface area contributed by atoms with Gasteiger partial charge in [-0.2, -0.15) is 0 Å². The maximum atomic E-state index is 5.81. The third kappa shape index (κ3) is 2.90. The van der Waals surface area contributed by atoms with E-state index in [1.807, 2.05) is 0 Å². The monoisotopic (exact) mass is 234 g/mol. The second-order valence-corrected chi connectivity index (χ2v) is 5.43. The van der Waals surface area contributed by atoms with Crippen LogP contribution in [0, 0.1) is 6.92 Å². The van der Waals surface area contributed by atoms with E-state index >= 15 is 0 Å². The second-order valence-electron chi connectivity index (χ2n) is 5.43. The fourth-order valence-corrected chi connectivity index (χ4v) is 2.55. The van der Waals surface area contributed by atoms with Crippen molar-refractivity contribution in [3.8, 4) is 0 Å². The molecule has 0 amide bonds. The van der Waals surface area contributed by atoms with Gasteiger partial charge < -0.3 is 9.73 Å². The maximum Gasteiger partial charge on any atom is 0.118 e. The molecule has 1 saturated carbocycles. The Hall–Kier alpha value is -0.800. The molecule has 1 aliphatic heterocycles. The summed E-state index contributed by atoms with van der Waals surface area (Å²) >= 11 is 0. The fraction of sp³-hybridized carbons (Fsp3) is 0.714. The lowest BCUT2D eigenvalue weighted by atomic mass is 10.2. The molecule has 0 radical (unpaired) electrons. The molecule has 1 aromatic rings. The summed E-state index contributed by atoms with van der Waals surface area (Å²) in [6, 6.07) is 2.99. The van der Waals surface area contributed by atoms with E-state index in [2.05, 4.69) is 23.2 Å². The van der Waals surface area contributed by atoms with Crippen molar-refractivity contribution in [2.24, 2.45) is 0 Å². The minimum absolute atomic E-state index is 0.752. The fourth-order valence-electron chi connectivity index (χ4n) is 2.55. The molecule has 2 heterocycles. The number of aryl methyl sites for hydroxylation is 1. The number of furan rings is 1. The summed E-state index contributed by atoms with van der Waals surface area (Å²) in [4.78, 5) is 2.52. The van der Waals surface area contributed by atoms with Gasteiger partial charge in [-0.1, -0.05) is 0 Å². The third-order valence-corrected chi connectivity index (χ3v) is 3.81. The van der Waals surface area contributed by atoms with Gasteiger partial charge in [0.05, 0.1) is 6.54 Å². The average Bonchev–Trinajstić information content (AvgIpc) is 2.89. The normalized spacial score (nSPS) is 21.2. The van der Waals surface area contributed by atoms with Crippen LogP contribution in [0.15, 0.2) is 10.5 Å². The predicted octanol–water partition coefficient (Wildman–Crippen LogP) is 2.44. The first-order valence-corrected chi connectivity index (χ1v) is 6.85. The van der Waals surface area contributed by atoms with Crippen molar-refractivity contribution in [2.45, 2.75) is 51.7 Å². The molecular formula is C14H22N2O. The molecule has 1 N–H and O–H groups in total. The van der Waals surface area contributed by atoms with E-state index in [-0.39, 0.29) is 0 Å². The van der Waals surface area contributed by atoms with Crippen LogP contribution in [0.1, 0.15) is 42.8 Å². The Morgan fingerprint density at radius 1 is 1.35 bits per heavy atom. The summed E-state index contributed by atoms with van der Waals surface area (Å²) in [6.45, 7) is 6.55. The lowest BCUT2D eigenvalue weighted by molar-refractivity contribution is 0.328. The van der Waals surface area contributed by atoms with Crippen LogP contribution in [0.5, 0.6) is 0 Å². The molecule has 2 fully saturated rings. The van der Waals surface area contributed by atoms with Crippen LogP contribution in [0.2, 0.25) is 0 Å². The second kappa shape index (κ2) is 4.83. The van der Waals surface area contributed by atoms with Gasteiger partial charge in [0.15, 0.2) is 0 Å². The summed E-state index contributed by atoms with van der Waals surface area (Å²) in [5.74, 6) is 2.20. The Morgan fingerprint density at radius 2 is 2.12 bits per heavy atom. The molecule has 94 valence electrons. The van der Waals surface area contributed by atoms with Gasteiger partial charge in [-0.3, -0.25) is 4.90 Å². The third-order valence-electron chi connectivity index (χ3n) is 3.81. The van der Waals surface area contributed by atoms with Gasteiger partial charge in [-0.05, 0) is 51.8 Å². The molecule has 3 nitrogen and oxygen atoms in total. The summed E-state index contributed by atoms with van der Waals surface area (Å²) in [7, 11) is 0. The molecule has 0 atom stereocenters. The van der Waals surface area contributed by atoms with Crippen LogP contribution in [-0.2, 0) is 13.1 Å². The predicted molar refractivity (Wildman–Crippen MR) is 67.8 cm³/mol. The van der Waals surface area contributed by atoms with E-state index in [0.29, 0.717) is 0 Å². The van der Waals surface area contributed by atoms with Gasteiger partial charge in [0.25, 0.3) is 0 Å². The van der Waals surface area contributed by atoms with Crippen LogP contribution < -0.4 is 5.32 Å². The zero-order valence-corrected chi connectivity index (χ0v) is 10.7. The Bertz CT molecular complexity index is 376. The van der Waals surface area contributed by atoms with Gasteiger partial charge >= 0.3 is 0 Å². The molecule has 0 unspecified atom stereocenters. The van der Waals surface area contributed by atoms with Crippen molar-refractivity contribution < 1.29 is 4.42 Å². The zero-order valence-electron chi connectivity index (χ0n) is 10.7. The van der Waals surface area contributed by atoms with E-state index in [9.17, 15) is 0 Å². The van der Waals surface area contributed by atoms with E-state index in [0.717, 1.165) is 30.7 Å². The molecule has 1 aromatic heterocycles. The minimum atomic E-state index is 0.752. The van der Waals surface area contributed by atoms with Crippen molar-refractivity contribution in [1.82, 2.24) is 10.2 Å². The number of nitrogens with zero attached hydrogens (tertiary/aromatic N) is 1. The lowest BCUT2D eigenvalue weighted by Crippen LogP contribution is -2.18. The van der Waals surface area contributed by atoms with Gasteiger partial charge in [-0.25, -0.2) is 0 Å². The number of hydrogen-bond acceptors (Lipinski definition) is 3. The van der Waals surface area contributed by atoms with Crippen LogP contribution >= 0.6 is 0 Å². The van der Waals surface area contributed by atoms with Gasteiger partial charge in [-0.15, -0.1) is 0 Å². The SMILES string of the molecule is Cc1oc(CNC2CC2)cc1CN1CCCC1. The summed E-state index contributed by atoms with van der Waals surface area (Å²) in [6.07, 6.45) is 5.38. The van der Waals surface area contributed by atoms with Crippen LogP contribution in [0.3, 0.4) is 0 Å². The highest BCUT2D eigenvalue weighted by Crippen LogP contribution is 2.22. The number of likely N-dealkylation sites (tertiary alicyclic amines) is 1. The molecule has 2 aliphatic rings. The van der Waals surface area contributed by atoms with E-state index in [1.165, 1.54) is 44.3 Å². The van der Waals surface area contributed by atoms with Gasteiger partial charge in [0.1, 0.15) is 11.5 Å². The molecule has 0 spiro atoms. The zero-order chi connectivity index (χ0) is 11.7. The number of nitrogens with one attached hydrogen (secondary N) is 1. The highest BCUT2D eigenvalue weighted by atomic mass is 16.3. The topological polar surface area (TPSA) is 28.4 Å². The molecule has 3 heteroatoms. The van der Waals surface area contributed by atoms with E-state index in [4.69, 9.17) is 4.42 Å². The first kappa shape index (κ1) is 11.3. The van der Waals surface area contributed by atoms with Crippen molar-refractivity contribution in [2.75, 3.05) is 13.1 Å². The Morgan fingerprint density at radius 3 is 2.82 bits per heavy atom. The molecule has 0 aromatic carbocycles. The van der Waals surface area contributed by atoms with Gasteiger partial charge in [0, 0.05) is 18.2 Å². The standard InChI is InChI=1S/C14H22N2O/c1-11-12(10-16-6-2-3-7-16)8-14(17-11)9-15-13-4-5-13/h8,13,15H,2-7,9-10H2,1H3. The van der Waals surface area contributed by atoms with Gasteiger partial charge in [0.2, 0.25) is 0 Å². The lowest BCUT2D eigenvalue weighted by Gasteiger charge is -2.13. The quantitative estimate of drug-likeness (QED) is 0.848. The first-order valence-electron chi connectivity index (χ1n) is 6.85. The van der Waals surface area contributed by atoms with Crippen molar-refractivity contribution in [3.63, 3.8) is 0 Å². The number of rotatable bonds is 5. The average molecular weight is 234 g/mol.